The Morgan fingerprint density at radius 2 is 1.98 bits per heavy atom. The molecule has 1 aromatic carbocycles. The van der Waals surface area contributed by atoms with Crippen LogP contribution in [0.25, 0.3) is 16.6 Å². The maximum absolute atomic E-state index is 14.4. The fraction of sp³-hybridized carbons (Fsp3) is 0.523. The Hall–Kier alpha value is -5.77. The normalized spacial score (nSPS) is 28.8. The number of aryl methyl sites for hydroxylation is 1. The molecule has 0 radical (unpaired) electrons. The number of morpholine rings is 1. The number of ether oxygens (including phenoxy) is 2. The van der Waals surface area contributed by atoms with Gasteiger partial charge in [0.1, 0.15) is 17.9 Å². The molecule has 3 atom stereocenters. The summed E-state index contributed by atoms with van der Waals surface area (Å²) in [5.74, 6) is 2.81. The summed E-state index contributed by atoms with van der Waals surface area (Å²) in [6.07, 6.45) is 2.37. The van der Waals surface area contributed by atoms with Crippen molar-refractivity contribution in [2.24, 2.45) is 12.9 Å². The highest BCUT2D eigenvalue weighted by Crippen LogP contribution is 2.37. The summed E-state index contributed by atoms with van der Waals surface area (Å²) in [5, 5.41) is 17.8. The third-order valence-corrected chi connectivity index (χ3v) is 12.4. The third kappa shape index (κ3) is 7.93. The van der Waals surface area contributed by atoms with E-state index in [0.29, 0.717) is 44.7 Å². The number of piperidine rings is 2. The largest absolute Gasteiger partial charge is 0.374 e. The van der Waals surface area contributed by atoms with E-state index in [1.807, 2.05) is 6.07 Å². The molecule has 8 heterocycles. The zero-order valence-electron chi connectivity index (χ0n) is 42.4. The Balaban J connectivity index is 0.776. The van der Waals surface area contributed by atoms with E-state index < -0.39 is 81.2 Å². The number of nitrogens with zero attached hydrogens (tertiary/aromatic N) is 9. The van der Waals surface area contributed by atoms with Gasteiger partial charge in [-0.3, -0.25) is 29.1 Å². The number of aromatic nitrogens is 7. The lowest BCUT2D eigenvalue weighted by Crippen LogP contribution is -2.40. The number of hydrogen-bond donors (Lipinski definition) is 2. The summed E-state index contributed by atoms with van der Waals surface area (Å²) in [7, 11) is 0. The molecular weight excluding hydrogens is 801 g/mol. The molecule has 16 nitrogen and oxygen atoms in total. The number of fused-ring (bicyclic) bond motifs is 4. The van der Waals surface area contributed by atoms with Crippen LogP contribution in [-0.4, -0.2) is 114 Å². The van der Waals surface area contributed by atoms with Crippen LogP contribution in [0.3, 0.4) is 0 Å². The molecule has 4 saturated heterocycles. The molecule has 5 aliphatic rings. The number of imide groups is 1. The second-order valence-corrected chi connectivity index (χ2v) is 16.4. The van der Waals surface area contributed by atoms with Crippen molar-refractivity contribution >= 4 is 45.8 Å². The standard InChI is InChI=1S/C44H49F2N11O5/c1-53-40-27(4-2-6-32(40)38(51-53)33-11-12-37(58)50-43(33)59)5-3-19-61-30-13-16-54(17-14-30)22-26-7-9-28(10-8-26)57-24-35(39(52-57)41(45)46)48-44(60)34-21-47-56-18-15-36(49-42(34)56)55-23-31-20-29(55)25-62-31/h2,4,6,15,18,21,24,26,28-31,33,41H,7-14,16-17,19-20,22-23,25H2,1H3,(H,48,60)(H,50,58,59)/t26?,28?,29-,31-,33?/m0/s1/i1D3,16D2,17D2,19D2. The average molecular weight is 859 g/mol. The first-order valence-electron chi connectivity index (χ1n) is 25.3. The molecule has 2 bridgehead atoms. The van der Waals surface area contributed by atoms with Gasteiger partial charge >= 0.3 is 0 Å². The number of carbonyl (C=O) groups is 3. The molecule has 324 valence electrons. The van der Waals surface area contributed by atoms with E-state index in [1.54, 1.807) is 18.3 Å². The lowest BCUT2D eigenvalue weighted by atomic mass is 9.85. The molecule has 18 heteroatoms. The van der Waals surface area contributed by atoms with Gasteiger partial charge in [-0.25, -0.2) is 18.3 Å². The number of anilines is 2. The Kier molecular flexibility index (Phi) is 8.45. The fourth-order valence-electron chi connectivity index (χ4n) is 9.22. The van der Waals surface area contributed by atoms with Crippen molar-refractivity contribution in [3.8, 4) is 11.8 Å². The van der Waals surface area contributed by atoms with Crippen molar-refractivity contribution < 1.29 is 45.0 Å². The number of alkyl halides is 2. The molecule has 10 rings (SSSR count). The van der Waals surface area contributed by atoms with E-state index in [-0.39, 0.29) is 82.6 Å². The maximum atomic E-state index is 14.4. The predicted octanol–water partition coefficient (Wildman–Crippen LogP) is 4.76. The van der Waals surface area contributed by atoms with Gasteiger partial charge < -0.3 is 24.6 Å². The minimum atomic E-state index is -3.00. The zero-order valence-corrected chi connectivity index (χ0v) is 33.4. The van der Waals surface area contributed by atoms with E-state index in [9.17, 15) is 23.2 Å². The molecule has 4 aliphatic heterocycles. The van der Waals surface area contributed by atoms with Crippen LogP contribution < -0.4 is 15.5 Å². The Morgan fingerprint density at radius 1 is 1.13 bits per heavy atom. The molecule has 3 amide bonds. The number of nitrogens with one attached hydrogen (secondary N) is 2. The summed E-state index contributed by atoms with van der Waals surface area (Å²) >= 11 is 0. The highest BCUT2D eigenvalue weighted by atomic mass is 19.3. The van der Waals surface area contributed by atoms with Gasteiger partial charge in [0.25, 0.3) is 12.3 Å². The van der Waals surface area contributed by atoms with E-state index >= 15 is 0 Å². The number of halogens is 2. The van der Waals surface area contributed by atoms with Gasteiger partial charge in [0.2, 0.25) is 11.8 Å². The molecule has 4 aromatic heterocycles. The summed E-state index contributed by atoms with van der Waals surface area (Å²) < 4.78 is 121. The average Bonchev–Trinajstić information content (AvgIpc) is 4.15. The first-order chi connectivity index (χ1) is 33.5. The molecular formula is C44H49F2N11O5. The molecule has 0 spiro atoms. The number of hydrogen-bond acceptors (Lipinski definition) is 11. The van der Waals surface area contributed by atoms with Gasteiger partial charge in [0.05, 0.1) is 68.2 Å². The number of likely N-dealkylation sites (tertiary alicyclic amines) is 1. The smallest absolute Gasteiger partial charge is 0.284 e. The number of rotatable bonds is 10. The van der Waals surface area contributed by atoms with E-state index in [1.165, 1.54) is 27.7 Å². The van der Waals surface area contributed by atoms with Gasteiger partial charge in [0, 0.05) is 66.9 Å². The summed E-state index contributed by atoms with van der Waals surface area (Å²) in [6, 6.07) is 6.20. The van der Waals surface area contributed by atoms with Crippen LogP contribution in [0.1, 0.15) is 116 Å². The maximum Gasteiger partial charge on any atom is 0.284 e. The van der Waals surface area contributed by atoms with E-state index in [2.05, 4.69) is 42.7 Å². The van der Waals surface area contributed by atoms with Crippen LogP contribution in [0.4, 0.5) is 20.3 Å². The Bertz CT molecular complexity index is 2960. The Labute approximate surface area is 368 Å². The summed E-state index contributed by atoms with van der Waals surface area (Å²) in [5.41, 5.74) is -0.204. The fourth-order valence-corrected chi connectivity index (χ4v) is 9.22. The highest BCUT2D eigenvalue weighted by molar-refractivity contribution is 6.08. The molecule has 1 aliphatic carbocycles. The van der Waals surface area contributed by atoms with Crippen molar-refractivity contribution in [3.63, 3.8) is 0 Å². The minimum absolute atomic E-state index is 0.00853. The van der Waals surface area contributed by atoms with Gasteiger partial charge in [0.15, 0.2) is 11.3 Å². The lowest BCUT2D eigenvalue weighted by Gasteiger charge is -2.36. The molecule has 5 fully saturated rings. The van der Waals surface area contributed by atoms with E-state index in [0.717, 1.165) is 16.0 Å². The molecule has 1 unspecified atom stereocenters. The van der Waals surface area contributed by atoms with Crippen molar-refractivity contribution in [1.82, 2.24) is 44.4 Å². The van der Waals surface area contributed by atoms with Crippen LogP contribution in [0, 0.1) is 17.8 Å². The number of carbonyl (C=O) groups excluding carboxylic acids is 3. The second-order valence-electron chi connectivity index (χ2n) is 16.4. The zero-order chi connectivity index (χ0) is 50.4. The predicted molar refractivity (Wildman–Crippen MR) is 223 cm³/mol. The van der Waals surface area contributed by atoms with Crippen molar-refractivity contribution in [1.29, 1.82) is 0 Å². The second kappa shape index (κ2) is 16.8. The minimum Gasteiger partial charge on any atom is -0.374 e. The monoisotopic (exact) mass is 858 g/mol. The third-order valence-electron chi connectivity index (χ3n) is 12.4. The summed E-state index contributed by atoms with van der Waals surface area (Å²) in [6.45, 7) is -8.89. The van der Waals surface area contributed by atoms with Crippen molar-refractivity contribution in [2.75, 3.05) is 49.5 Å². The van der Waals surface area contributed by atoms with Crippen molar-refractivity contribution in [3.05, 3.63) is 65.4 Å². The number of para-hydroxylation sites is 1. The van der Waals surface area contributed by atoms with Crippen LogP contribution in [0.2, 0.25) is 0 Å². The van der Waals surface area contributed by atoms with Crippen molar-refractivity contribution in [2.45, 2.75) is 94.4 Å². The summed E-state index contributed by atoms with van der Waals surface area (Å²) in [4.78, 5) is 46.1. The molecule has 5 aromatic rings. The van der Waals surface area contributed by atoms with Gasteiger partial charge in [-0.1, -0.05) is 24.0 Å². The van der Waals surface area contributed by atoms with Crippen LogP contribution in [0.5, 0.6) is 0 Å². The van der Waals surface area contributed by atoms with Gasteiger partial charge in [-0.05, 0) is 69.4 Å². The topological polar surface area (TPSA) is 166 Å². The van der Waals surface area contributed by atoms with Gasteiger partial charge in [-0.2, -0.15) is 15.3 Å². The van der Waals surface area contributed by atoms with Crippen LogP contribution >= 0.6 is 0 Å². The quantitative estimate of drug-likeness (QED) is 0.147. The van der Waals surface area contributed by atoms with Gasteiger partial charge in [-0.15, -0.1) is 0 Å². The SMILES string of the molecule is [2H]C([2H])(C#Cc1cccc2c(C3CCC(=O)NC3=O)nn(C([2H])([2H])[2H])c12)OC1CC([2H])([2H])N(CC2CCC(n3cc(NC(=O)c4cnn5ccc(N6C[C@@H]7C[C@H]6CO7)nc45)c(C(F)F)n3)CC2)C([2H])([2H])C1. The highest BCUT2D eigenvalue weighted by Gasteiger charge is 2.40. The molecule has 62 heavy (non-hydrogen) atoms. The first-order valence-corrected chi connectivity index (χ1v) is 20.8. The van der Waals surface area contributed by atoms with E-state index in [4.69, 9.17) is 26.8 Å². The number of amides is 3. The number of benzene rings is 1. The Morgan fingerprint density at radius 3 is 2.74 bits per heavy atom. The van der Waals surface area contributed by atoms with Crippen LogP contribution in [0.15, 0.2) is 42.9 Å². The van der Waals surface area contributed by atoms with Crippen LogP contribution in [-0.2, 0) is 26.0 Å². The molecule has 2 N–H and O–H groups in total. The molecule has 1 saturated carbocycles. The first kappa shape index (κ1) is 31.1. The lowest BCUT2D eigenvalue weighted by molar-refractivity contribution is -0.134.